The van der Waals surface area contributed by atoms with E-state index in [-0.39, 0.29) is 11.9 Å². The molecule has 0 radical (unpaired) electrons. The highest BCUT2D eigenvalue weighted by Crippen LogP contribution is 2.28. The van der Waals surface area contributed by atoms with Gasteiger partial charge in [0.25, 0.3) is 5.91 Å². The number of nitrogens with one attached hydrogen (secondary N) is 3. The van der Waals surface area contributed by atoms with E-state index in [4.69, 9.17) is 11.6 Å². The molecular weight excluding hydrogens is 368 g/mol. The number of likely N-dealkylation sites (tertiary alicyclic amines) is 1. The lowest BCUT2D eigenvalue weighted by molar-refractivity contribution is 0.0880. The first-order valence-corrected chi connectivity index (χ1v) is 10.3. The van der Waals surface area contributed by atoms with E-state index in [1.807, 2.05) is 0 Å². The molecule has 1 aromatic carbocycles. The van der Waals surface area contributed by atoms with E-state index in [0.717, 1.165) is 32.4 Å². The van der Waals surface area contributed by atoms with Gasteiger partial charge in [-0.1, -0.05) is 17.7 Å². The van der Waals surface area contributed by atoms with Gasteiger partial charge in [0.05, 0.1) is 12.2 Å². The first-order valence-electron chi connectivity index (χ1n) is 9.04. The minimum atomic E-state index is -0.0152. The van der Waals surface area contributed by atoms with Crippen LogP contribution in [-0.2, 0) is 0 Å². The third kappa shape index (κ3) is 4.10. The zero-order valence-electron chi connectivity index (χ0n) is 14.5. The van der Waals surface area contributed by atoms with Crippen molar-refractivity contribution in [2.75, 3.05) is 13.1 Å². The van der Waals surface area contributed by atoms with Crippen molar-refractivity contribution in [3.8, 4) is 0 Å². The molecule has 0 saturated carbocycles. The number of nitrogens with zero attached hydrogens (tertiary/aromatic N) is 1. The van der Waals surface area contributed by atoms with Gasteiger partial charge < -0.3 is 5.32 Å². The predicted octanol–water partition coefficient (Wildman–Crippen LogP) is 3.16. The van der Waals surface area contributed by atoms with Gasteiger partial charge in [0.1, 0.15) is 0 Å². The summed E-state index contributed by atoms with van der Waals surface area (Å²) in [6, 6.07) is 12.0. The molecule has 2 aliphatic heterocycles. The second-order valence-electron chi connectivity index (χ2n) is 6.90. The van der Waals surface area contributed by atoms with Crippen molar-refractivity contribution in [2.45, 2.75) is 37.5 Å². The molecule has 2 saturated heterocycles. The molecule has 1 amide bonds. The number of rotatable bonds is 4. The Morgan fingerprint density at radius 2 is 1.92 bits per heavy atom. The highest BCUT2D eigenvalue weighted by atomic mass is 35.5. The molecular formula is C19H23ClN4OS. The topological polar surface area (TPSA) is 56.4 Å². The Bertz CT molecular complexity index is 729. The van der Waals surface area contributed by atoms with Gasteiger partial charge in [0, 0.05) is 34.6 Å². The second kappa shape index (κ2) is 8.06. The van der Waals surface area contributed by atoms with Crippen LogP contribution in [0.15, 0.2) is 41.8 Å². The van der Waals surface area contributed by atoms with E-state index in [1.165, 1.54) is 4.88 Å². The van der Waals surface area contributed by atoms with Crippen LogP contribution in [0, 0.1) is 0 Å². The summed E-state index contributed by atoms with van der Waals surface area (Å²) in [6.45, 7) is 1.98. The van der Waals surface area contributed by atoms with Crippen molar-refractivity contribution in [3.63, 3.8) is 0 Å². The number of hydrazine groups is 1. The quantitative estimate of drug-likeness (QED) is 0.750. The summed E-state index contributed by atoms with van der Waals surface area (Å²) >= 11 is 7.68. The van der Waals surface area contributed by atoms with Crippen LogP contribution in [0.2, 0.25) is 5.02 Å². The van der Waals surface area contributed by atoms with Crippen molar-refractivity contribution in [1.82, 2.24) is 21.1 Å². The molecule has 4 rings (SSSR count). The van der Waals surface area contributed by atoms with Crippen molar-refractivity contribution < 1.29 is 4.79 Å². The zero-order chi connectivity index (χ0) is 17.9. The molecule has 26 heavy (non-hydrogen) atoms. The summed E-state index contributed by atoms with van der Waals surface area (Å²) in [5.74, 6) is -0.0152. The SMILES string of the molecule is O=C(NC1CCN(C2CC(c3cccs3)NN2)CC1)c1ccc(Cl)cc1. The average Bonchev–Trinajstić information content (AvgIpc) is 3.34. The molecule has 2 fully saturated rings. The molecule has 5 nitrogen and oxygen atoms in total. The molecule has 3 N–H and O–H groups in total. The highest BCUT2D eigenvalue weighted by Gasteiger charge is 2.32. The van der Waals surface area contributed by atoms with Gasteiger partial charge in [0.15, 0.2) is 0 Å². The number of piperidine rings is 1. The van der Waals surface area contributed by atoms with Crippen LogP contribution in [0.1, 0.15) is 40.5 Å². The van der Waals surface area contributed by atoms with E-state index in [9.17, 15) is 4.79 Å². The molecule has 138 valence electrons. The molecule has 2 unspecified atom stereocenters. The van der Waals surface area contributed by atoms with Crippen molar-refractivity contribution in [2.24, 2.45) is 0 Å². The Labute approximate surface area is 162 Å². The number of carbonyl (C=O) groups excluding carboxylic acids is 1. The van der Waals surface area contributed by atoms with Crippen molar-refractivity contribution in [1.29, 1.82) is 0 Å². The zero-order valence-corrected chi connectivity index (χ0v) is 16.0. The van der Waals surface area contributed by atoms with Gasteiger partial charge in [-0.25, -0.2) is 10.9 Å². The van der Waals surface area contributed by atoms with Crippen LogP contribution in [0.3, 0.4) is 0 Å². The van der Waals surface area contributed by atoms with E-state index < -0.39 is 0 Å². The van der Waals surface area contributed by atoms with E-state index in [0.29, 0.717) is 22.8 Å². The Balaban J connectivity index is 1.25. The Morgan fingerprint density at radius 3 is 2.62 bits per heavy atom. The van der Waals surface area contributed by atoms with Gasteiger partial charge in [-0.2, -0.15) is 0 Å². The van der Waals surface area contributed by atoms with E-state index >= 15 is 0 Å². The molecule has 2 aliphatic rings. The molecule has 0 aliphatic carbocycles. The molecule has 2 aromatic rings. The molecule has 3 heterocycles. The van der Waals surface area contributed by atoms with Crippen LogP contribution >= 0.6 is 22.9 Å². The van der Waals surface area contributed by atoms with E-state index in [1.54, 1.807) is 35.6 Å². The molecule has 7 heteroatoms. The maximum absolute atomic E-state index is 12.3. The summed E-state index contributed by atoms with van der Waals surface area (Å²) in [4.78, 5) is 16.2. The van der Waals surface area contributed by atoms with Crippen LogP contribution in [0.25, 0.3) is 0 Å². The standard InChI is InChI=1S/C19H23ClN4OS/c20-14-5-3-13(4-6-14)19(25)21-15-7-9-24(10-8-15)18-12-16(22-23-18)17-2-1-11-26-17/h1-6,11,15-16,18,22-23H,7-10,12H2,(H,21,25). The number of halogens is 1. The van der Waals surface area contributed by atoms with Crippen molar-refractivity contribution in [3.05, 3.63) is 57.2 Å². The monoisotopic (exact) mass is 390 g/mol. The van der Waals surface area contributed by atoms with Gasteiger partial charge in [0.2, 0.25) is 0 Å². The summed E-state index contributed by atoms with van der Waals surface area (Å²) < 4.78 is 0. The number of hydrogen-bond donors (Lipinski definition) is 3. The molecule has 0 spiro atoms. The summed E-state index contributed by atoms with van der Waals surface area (Å²) in [7, 11) is 0. The van der Waals surface area contributed by atoms with Crippen LogP contribution in [0.5, 0.6) is 0 Å². The minimum Gasteiger partial charge on any atom is -0.349 e. The average molecular weight is 391 g/mol. The Kier molecular flexibility index (Phi) is 5.57. The fourth-order valence-corrected chi connectivity index (χ4v) is 4.60. The number of carbonyl (C=O) groups is 1. The number of amides is 1. The third-order valence-electron chi connectivity index (χ3n) is 5.18. The first-order chi connectivity index (χ1) is 12.7. The summed E-state index contributed by atoms with van der Waals surface area (Å²) in [5, 5.41) is 5.92. The Hall–Kier alpha value is -1.44. The predicted molar refractivity (Wildman–Crippen MR) is 105 cm³/mol. The second-order valence-corrected chi connectivity index (χ2v) is 8.31. The van der Waals surface area contributed by atoms with Crippen LogP contribution < -0.4 is 16.2 Å². The molecule has 0 bridgehead atoms. The number of benzene rings is 1. The molecule has 2 atom stereocenters. The fraction of sp³-hybridized carbons (Fsp3) is 0.421. The maximum atomic E-state index is 12.3. The lowest BCUT2D eigenvalue weighted by atomic mass is 10.0. The van der Waals surface area contributed by atoms with Gasteiger partial charge in [-0.3, -0.25) is 9.69 Å². The third-order valence-corrected chi connectivity index (χ3v) is 6.42. The van der Waals surface area contributed by atoms with Gasteiger partial charge in [-0.15, -0.1) is 11.3 Å². The minimum absolute atomic E-state index is 0.0152. The number of thiophene rings is 1. The molecule has 1 aromatic heterocycles. The smallest absolute Gasteiger partial charge is 0.251 e. The summed E-state index contributed by atoms with van der Waals surface area (Å²) in [5.41, 5.74) is 7.51. The van der Waals surface area contributed by atoms with Crippen molar-refractivity contribution >= 4 is 28.8 Å². The first kappa shape index (κ1) is 17.9. The lowest BCUT2D eigenvalue weighted by Crippen LogP contribution is -2.51. The lowest BCUT2D eigenvalue weighted by Gasteiger charge is -2.35. The Morgan fingerprint density at radius 1 is 1.15 bits per heavy atom. The largest absolute Gasteiger partial charge is 0.349 e. The maximum Gasteiger partial charge on any atom is 0.251 e. The fourth-order valence-electron chi connectivity index (χ4n) is 3.68. The normalized spacial score (nSPS) is 24.7. The van der Waals surface area contributed by atoms with Gasteiger partial charge >= 0.3 is 0 Å². The van der Waals surface area contributed by atoms with Gasteiger partial charge in [-0.05, 0) is 55.0 Å². The van der Waals surface area contributed by atoms with Crippen LogP contribution in [0.4, 0.5) is 0 Å². The summed E-state index contributed by atoms with van der Waals surface area (Å²) in [6.07, 6.45) is 3.38. The number of hydrogen-bond acceptors (Lipinski definition) is 5. The van der Waals surface area contributed by atoms with E-state index in [2.05, 4.69) is 38.6 Å². The van der Waals surface area contributed by atoms with Crippen LogP contribution in [-0.4, -0.2) is 36.1 Å². The highest BCUT2D eigenvalue weighted by molar-refractivity contribution is 7.10.